The molecular formula is C32H33N3O6. The highest BCUT2D eigenvalue weighted by molar-refractivity contribution is 6.00. The van der Waals surface area contributed by atoms with Gasteiger partial charge in [-0.1, -0.05) is 66.2 Å². The van der Waals surface area contributed by atoms with Crippen molar-refractivity contribution in [3.05, 3.63) is 106 Å². The number of aryl methyl sites for hydroxylation is 3. The summed E-state index contributed by atoms with van der Waals surface area (Å²) in [6.45, 7) is 5.88. The van der Waals surface area contributed by atoms with E-state index in [9.17, 15) is 19.2 Å². The lowest BCUT2D eigenvalue weighted by atomic mass is 9.82. The minimum absolute atomic E-state index is 0.396. The van der Waals surface area contributed by atoms with Crippen molar-refractivity contribution >= 4 is 23.8 Å². The molecule has 3 aromatic rings. The van der Waals surface area contributed by atoms with E-state index in [0.29, 0.717) is 5.56 Å². The van der Waals surface area contributed by atoms with Crippen molar-refractivity contribution in [3.63, 3.8) is 0 Å². The molecular weight excluding hydrogens is 522 g/mol. The predicted octanol–water partition coefficient (Wildman–Crippen LogP) is 3.60. The second-order valence-corrected chi connectivity index (χ2v) is 10.5. The van der Waals surface area contributed by atoms with E-state index in [0.717, 1.165) is 27.8 Å². The number of hydrogen-bond acceptors (Lipinski definition) is 7. The Morgan fingerprint density at radius 1 is 0.780 bits per heavy atom. The van der Waals surface area contributed by atoms with Crippen molar-refractivity contribution in [3.8, 4) is 0 Å². The van der Waals surface area contributed by atoms with E-state index in [1.165, 1.54) is 19.2 Å². The molecule has 1 N–H and O–H groups in total. The van der Waals surface area contributed by atoms with Gasteiger partial charge in [-0.3, -0.25) is 19.4 Å². The van der Waals surface area contributed by atoms with Gasteiger partial charge in [0.2, 0.25) is 0 Å². The molecule has 0 radical (unpaired) electrons. The minimum Gasteiger partial charge on any atom is -0.469 e. The van der Waals surface area contributed by atoms with E-state index in [4.69, 9.17) is 9.47 Å². The molecule has 2 aliphatic rings. The Kier molecular flexibility index (Phi) is 7.64. The van der Waals surface area contributed by atoms with Crippen LogP contribution in [0.5, 0.6) is 0 Å². The van der Waals surface area contributed by atoms with Crippen LogP contribution in [0.25, 0.3) is 0 Å². The molecule has 0 aliphatic carbocycles. The first-order chi connectivity index (χ1) is 19.7. The summed E-state index contributed by atoms with van der Waals surface area (Å²) in [7, 11) is 2.49. The zero-order valence-corrected chi connectivity index (χ0v) is 23.7. The zero-order chi connectivity index (χ0) is 29.4. The first-order valence-electron chi connectivity index (χ1n) is 13.4. The molecule has 41 heavy (non-hydrogen) atoms. The fraction of sp³-hybridized carbons (Fsp3) is 0.312. The molecule has 0 unspecified atom stereocenters. The van der Waals surface area contributed by atoms with E-state index in [1.54, 1.807) is 35.3 Å². The number of carbonyl (C=O) groups is 4. The van der Waals surface area contributed by atoms with Crippen molar-refractivity contribution in [2.75, 3.05) is 14.2 Å². The Hall–Kier alpha value is -4.50. The Labute approximate surface area is 239 Å². The van der Waals surface area contributed by atoms with Crippen LogP contribution in [0, 0.1) is 26.7 Å². The third kappa shape index (κ3) is 4.76. The molecule has 2 saturated heterocycles. The monoisotopic (exact) mass is 555 g/mol. The molecule has 0 saturated carbocycles. The first kappa shape index (κ1) is 28.0. The number of ether oxygens (including phenoxy) is 2. The van der Waals surface area contributed by atoms with Gasteiger partial charge in [-0.25, -0.2) is 4.79 Å². The summed E-state index contributed by atoms with van der Waals surface area (Å²) < 4.78 is 10.4. The number of amides is 2. The van der Waals surface area contributed by atoms with Crippen LogP contribution >= 0.6 is 0 Å². The largest absolute Gasteiger partial charge is 0.469 e. The second-order valence-electron chi connectivity index (χ2n) is 10.5. The molecule has 212 valence electrons. The summed E-state index contributed by atoms with van der Waals surface area (Å²) in [6.07, 6.45) is 0. The van der Waals surface area contributed by atoms with Crippen LogP contribution in [0.4, 0.5) is 0 Å². The number of fused-ring (bicyclic) bond motifs is 1. The lowest BCUT2D eigenvalue weighted by Gasteiger charge is -2.34. The SMILES string of the molecule is COC(=O)[C@@H]1[C@@H](C(=O)OC)N2C(=O)[C@@H](NC(=O)c3ccccc3)[C@H](c3ccccc3)N2[C@H]1c1c(C)cc(C)cc1C. The Morgan fingerprint density at radius 2 is 1.34 bits per heavy atom. The van der Waals surface area contributed by atoms with Gasteiger partial charge in [0.25, 0.3) is 11.8 Å². The van der Waals surface area contributed by atoms with Gasteiger partial charge in [0, 0.05) is 5.56 Å². The molecule has 0 aromatic heterocycles. The smallest absolute Gasteiger partial charge is 0.331 e. The van der Waals surface area contributed by atoms with Crippen LogP contribution in [0.3, 0.4) is 0 Å². The highest BCUT2D eigenvalue weighted by atomic mass is 16.5. The van der Waals surface area contributed by atoms with Crippen molar-refractivity contribution in [1.82, 2.24) is 15.3 Å². The average molecular weight is 556 g/mol. The molecule has 9 nitrogen and oxygen atoms in total. The van der Waals surface area contributed by atoms with E-state index in [1.807, 2.05) is 63.2 Å². The number of hydrogen-bond donors (Lipinski definition) is 1. The van der Waals surface area contributed by atoms with Gasteiger partial charge in [0.1, 0.15) is 12.0 Å². The maximum atomic E-state index is 14.3. The van der Waals surface area contributed by atoms with Crippen molar-refractivity contribution in [2.45, 2.75) is 44.9 Å². The molecule has 0 bridgehead atoms. The maximum Gasteiger partial charge on any atom is 0.331 e. The number of methoxy groups -OCH3 is 2. The third-order valence-corrected chi connectivity index (χ3v) is 7.98. The van der Waals surface area contributed by atoms with Crippen LogP contribution < -0.4 is 5.32 Å². The Bertz CT molecular complexity index is 1470. The van der Waals surface area contributed by atoms with Gasteiger partial charge in [0.05, 0.1) is 26.3 Å². The Morgan fingerprint density at radius 3 is 1.90 bits per heavy atom. The molecule has 2 fully saturated rings. The van der Waals surface area contributed by atoms with E-state index < -0.39 is 53.8 Å². The number of carbonyl (C=O) groups excluding carboxylic acids is 4. The number of benzene rings is 3. The van der Waals surface area contributed by atoms with E-state index in [-0.39, 0.29) is 0 Å². The van der Waals surface area contributed by atoms with E-state index in [2.05, 4.69) is 5.32 Å². The fourth-order valence-corrected chi connectivity index (χ4v) is 6.44. The van der Waals surface area contributed by atoms with Crippen LogP contribution in [-0.2, 0) is 23.9 Å². The standard InChI is InChI=1S/C32H33N3O6/c1-18-16-19(2)23(20(3)17-18)27-24(31(38)40-4)28(32(39)41-5)35-30(37)25(33-29(36)22-14-10-7-11-15-22)26(34(27)35)21-12-8-6-9-13-21/h6-17,24-28H,1-5H3,(H,33,36)/t24-,25-,26-,27-,28-/m0/s1. The molecule has 2 aliphatic heterocycles. The first-order valence-corrected chi connectivity index (χ1v) is 13.4. The molecule has 5 rings (SSSR count). The average Bonchev–Trinajstić information content (AvgIpc) is 3.44. The van der Waals surface area contributed by atoms with Crippen LogP contribution in [0.15, 0.2) is 72.8 Å². The highest BCUT2D eigenvalue weighted by Crippen LogP contribution is 2.53. The minimum atomic E-state index is -1.30. The van der Waals surface area contributed by atoms with Gasteiger partial charge in [0.15, 0.2) is 6.04 Å². The predicted molar refractivity (Wildman–Crippen MR) is 150 cm³/mol. The third-order valence-electron chi connectivity index (χ3n) is 7.98. The van der Waals surface area contributed by atoms with Gasteiger partial charge < -0.3 is 14.8 Å². The number of esters is 2. The Balaban J connectivity index is 1.74. The maximum absolute atomic E-state index is 14.3. The normalized spacial score (nSPS) is 23.7. The van der Waals surface area contributed by atoms with Gasteiger partial charge in [-0.05, 0) is 55.2 Å². The summed E-state index contributed by atoms with van der Waals surface area (Å²) in [6, 6.07) is 18.1. The number of nitrogens with zero attached hydrogens (tertiary/aromatic N) is 2. The van der Waals surface area contributed by atoms with Crippen LogP contribution in [0.1, 0.15) is 50.3 Å². The zero-order valence-electron chi connectivity index (χ0n) is 23.7. The summed E-state index contributed by atoms with van der Waals surface area (Å²) in [4.78, 5) is 54.6. The van der Waals surface area contributed by atoms with E-state index >= 15 is 0 Å². The number of rotatable bonds is 6. The van der Waals surface area contributed by atoms with Crippen LogP contribution in [0.2, 0.25) is 0 Å². The van der Waals surface area contributed by atoms with Crippen molar-refractivity contribution in [2.24, 2.45) is 5.92 Å². The summed E-state index contributed by atoms with van der Waals surface area (Å²) in [5.41, 5.74) is 4.80. The highest BCUT2D eigenvalue weighted by Gasteiger charge is 2.66. The molecule has 5 atom stereocenters. The quantitative estimate of drug-likeness (QED) is 0.464. The molecule has 2 heterocycles. The molecule has 9 heteroatoms. The molecule has 2 amide bonds. The fourth-order valence-electron chi connectivity index (χ4n) is 6.44. The van der Waals surface area contributed by atoms with Crippen molar-refractivity contribution < 1.29 is 28.7 Å². The van der Waals surface area contributed by atoms with Gasteiger partial charge in [-0.15, -0.1) is 0 Å². The van der Waals surface area contributed by atoms with Gasteiger partial charge >= 0.3 is 11.9 Å². The molecule has 3 aromatic carbocycles. The number of hydrazine groups is 1. The van der Waals surface area contributed by atoms with Gasteiger partial charge in [-0.2, -0.15) is 5.01 Å². The lowest BCUT2D eigenvalue weighted by Crippen LogP contribution is -2.50. The summed E-state index contributed by atoms with van der Waals surface area (Å²) in [5, 5.41) is 6.02. The number of nitrogens with one attached hydrogen (secondary N) is 1. The second kappa shape index (κ2) is 11.2. The molecule has 0 spiro atoms. The lowest BCUT2D eigenvalue weighted by molar-refractivity contribution is -0.161. The summed E-state index contributed by atoms with van der Waals surface area (Å²) in [5.74, 6) is -3.40. The topological polar surface area (TPSA) is 105 Å². The summed E-state index contributed by atoms with van der Waals surface area (Å²) >= 11 is 0. The van der Waals surface area contributed by atoms with Crippen molar-refractivity contribution in [1.29, 1.82) is 0 Å². The van der Waals surface area contributed by atoms with Crippen LogP contribution in [-0.4, -0.2) is 60.1 Å².